The summed E-state index contributed by atoms with van der Waals surface area (Å²) in [6, 6.07) is 0.458. The summed E-state index contributed by atoms with van der Waals surface area (Å²) in [6.45, 7) is 10.1. The van der Waals surface area contributed by atoms with Gasteiger partial charge in [0, 0.05) is 12.5 Å². The number of nitrogens with one attached hydrogen (secondary N) is 1. The van der Waals surface area contributed by atoms with Gasteiger partial charge in [0.05, 0.1) is 6.04 Å². The van der Waals surface area contributed by atoms with Crippen LogP contribution in [0.1, 0.15) is 47.5 Å². The van der Waals surface area contributed by atoms with Crippen molar-refractivity contribution in [3.8, 4) is 0 Å². The lowest BCUT2D eigenvalue weighted by Gasteiger charge is -2.19. The molecule has 15 heavy (non-hydrogen) atoms. The Morgan fingerprint density at radius 3 is 2.20 bits per heavy atom. The Labute approximate surface area is 99.6 Å². The molecule has 0 rings (SSSR count). The number of ketones is 1. The van der Waals surface area contributed by atoms with Crippen molar-refractivity contribution < 1.29 is 4.79 Å². The van der Waals surface area contributed by atoms with Gasteiger partial charge in [0.1, 0.15) is 5.78 Å². The van der Waals surface area contributed by atoms with Gasteiger partial charge in [-0.15, -0.1) is 0 Å². The van der Waals surface area contributed by atoms with E-state index in [0.29, 0.717) is 18.2 Å². The molecule has 0 aliphatic rings. The highest BCUT2D eigenvalue weighted by atomic mass is 32.2. The van der Waals surface area contributed by atoms with E-state index in [-0.39, 0.29) is 6.04 Å². The molecular weight excluding hydrogens is 206 g/mol. The summed E-state index contributed by atoms with van der Waals surface area (Å²) < 4.78 is 0. The van der Waals surface area contributed by atoms with Crippen LogP contribution in [0.4, 0.5) is 0 Å². The second kappa shape index (κ2) is 12.1. The van der Waals surface area contributed by atoms with E-state index in [1.54, 1.807) is 11.8 Å². The molecule has 0 heterocycles. The van der Waals surface area contributed by atoms with Crippen LogP contribution in [0.2, 0.25) is 0 Å². The molecule has 0 saturated heterocycles. The zero-order valence-electron chi connectivity index (χ0n) is 11.1. The van der Waals surface area contributed by atoms with E-state index in [4.69, 9.17) is 0 Å². The average molecular weight is 233 g/mol. The van der Waals surface area contributed by atoms with Crippen LogP contribution < -0.4 is 5.32 Å². The maximum atomic E-state index is 11.5. The number of Topliss-reactive ketones (excluding diaryl/α,β-unsaturated/α-hetero) is 1. The Hall–Kier alpha value is -0.0200. The zero-order valence-corrected chi connectivity index (χ0v) is 11.9. The minimum absolute atomic E-state index is 0.0671. The van der Waals surface area contributed by atoms with Crippen LogP contribution in [0.15, 0.2) is 0 Å². The van der Waals surface area contributed by atoms with Gasteiger partial charge in [0.2, 0.25) is 0 Å². The lowest BCUT2D eigenvalue weighted by molar-refractivity contribution is -0.121. The van der Waals surface area contributed by atoms with Gasteiger partial charge < -0.3 is 5.32 Å². The van der Waals surface area contributed by atoms with Crippen molar-refractivity contribution in [1.82, 2.24) is 5.32 Å². The molecule has 0 aromatic carbocycles. The van der Waals surface area contributed by atoms with Crippen LogP contribution in [0.3, 0.4) is 0 Å². The first-order chi connectivity index (χ1) is 7.11. The summed E-state index contributed by atoms with van der Waals surface area (Å²) in [4.78, 5) is 11.5. The molecule has 0 amide bonds. The van der Waals surface area contributed by atoms with E-state index in [9.17, 15) is 4.79 Å². The van der Waals surface area contributed by atoms with Crippen molar-refractivity contribution >= 4 is 17.5 Å². The maximum absolute atomic E-state index is 11.5. The van der Waals surface area contributed by atoms with Crippen LogP contribution >= 0.6 is 11.8 Å². The van der Waals surface area contributed by atoms with Crippen molar-refractivity contribution in [3.05, 3.63) is 0 Å². The lowest BCUT2D eigenvalue weighted by Crippen LogP contribution is -2.41. The molecule has 92 valence electrons. The molecule has 1 atom stereocenters. The topological polar surface area (TPSA) is 29.1 Å². The number of hydrogen-bond acceptors (Lipinski definition) is 3. The molecule has 0 bridgehead atoms. The standard InChI is InChI=1S/C10H21NOS.C2H6/c1-5-10(12)9(6-7-13-4)11-8(2)3;1-2/h8-9,11H,5-7H2,1-4H3;1-2H3. The quantitative estimate of drug-likeness (QED) is 0.732. The van der Waals surface area contributed by atoms with Gasteiger partial charge >= 0.3 is 0 Å². The molecule has 0 spiro atoms. The SMILES string of the molecule is CC.CCC(=O)C(CCSC)NC(C)C. The molecule has 0 fully saturated rings. The lowest BCUT2D eigenvalue weighted by atomic mass is 10.1. The molecular formula is C12H27NOS. The molecule has 0 aromatic rings. The Morgan fingerprint density at radius 1 is 1.33 bits per heavy atom. The summed E-state index contributed by atoms with van der Waals surface area (Å²) in [6.07, 6.45) is 3.66. The van der Waals surface area contributed by atoms with Crippen molar-refractivity contribution in [1.29, 1.82) is 0 Å². The summed E-state index contributed by atoms with van der Waals surface area (Å²) in [5.41, 5.74) is 0. The van der Waals surface area contributed by atoms with Gasteiger partial charge in [-0.05, 0) is 18.4 Å². The average Bonchev–Trinajstić information content (AvgIpc) is 2.25. The second-order valence-electron chi connectivity index (χ2n) is 3.48. The molecule has 0 aliphatic heterocycles. The first kappa shape index (κ1) is 17.4. The van der Waals surface area contributed by atoms with Gasteiger partial charge in [0.15, 0.2) is 0 Å². The van der Waals surface area contributed by atoms with Gasteiger partial charge in [0.25, 0.3) is 0 Å². The fourth-order valence-corrected chi connectivity index (χ4v) is 1.69. The van der Waals surface area contributed by atoms with Gasteiger partial charge in [-0.1, -0.05) is 34.6 Å². The number of hydrogen-bond donors (Lipinski definition) is 1. The minimum Gasteiger partial charge on any atom is -0.305 e. The third-order valence-electron chi connectivity index (χ3n) is 1.88. The highest BCUT2D eigenvalue weighted by Crippen LogP contribution is 2.04. The highest BCUT2D eigenvalue weighted by molar-refractivity contribution is 7.98. The smallest absolute Gasteiger partial charge is 0.149 e. The van der Waals surface area contributed by atoms with Crippen LogP contribution in [0.25, 0.3) is 0 Å². The van der Waals surface area contributed by atoms with Crippen molar-refractivity contribution in [2.45, 2.75) is 59.5 Å². The summed E-state index contributed by atoms with van der Waals surface area (Å²) >= 11 is 1.79. The Morgan fingerprint density at radius 2 is 1.87 bits per heavy atom. The largest absolute Gasteiger partial charge is 0.305 e. The molecule has 1 unspecified atom stereocenters. The van der Waals surface area contributed by atoms with E-state index in [1.165, 1.54) is 0 Å². The number of carbonyl (C=O) groups is 1. The molecule has 3 heteroatoms. The van der Waals surface area contributed by atoms with Crippen LogP contribution in [0.5, 0.6) is 0 Å². The summed E-state index contributed by atoms with van der Waals surface area (Å²) in [5.74, 6) is 1.39. The summed E-state index contributed by atoms with van der Waals surface area (Å²) in [5, 5.41) is 3.30. The molecule has 0 saturated carbocycles. The molecule has 0 aromatic heterocycles. The zero-order chi connectivity index (χ0) is 12.3. The highest BCUT2D eigenvalue weighted by Gasteiger charge is 2.16. The second-order valence-corrected chi connectivity index (χ2v) is 4.46. The first-order valence-electron chi connectivity index (χ1n) is 5.89. The molecule has 1 N–H and O–H groups in total. The van der Waals surface area contributed by atoms with Crippen molar-refractivity contribution in [2.75, 3.05) is 12.0 Å². The van der Waals surface area contributed by atoms with Crippen LogP contribution in [-0.2, 0) is 4.79 Å². The summed E-state index contributed by atoms with van der Waals surface area (Å²) in [7, 11) is 0. The third-order valence-corrected chi connectivity index (χ3v) is 2.53. The molecule has 0 radical (unpaired) electrons. The molecule has 0 aliphatic carbocycles. The monoisotopic (exact) mass is 233 g/mol. The van der Waals surface area contributed by atoms with E-state index >= 15 is 0 Å². The fourth-order valence-electron chi connectivity index (χ4n) is 1.22. The van der Waals surface area contributed by atoms with Crippen LogP contribution in [-0.4, -0.2) is 29.9 Å². The van der Waals surface area contributed by atoms with E-state index in [1.807, 2.05) is 20.8 Å². The van der Waals surface area contributed by atoms with Crippen LogP contribution in [0, 0.1) is 0 Å². The Bertz CT molecular complexity index is 149. The predicted molar refractivity (Wildman–Crippen MR) is 71.7 cm³/mol. The van der Waals surface area contributed by atoms with Crippen molar-refractivity contribution in [3.63, 3.8) is 0 Å². The normalized spacial score (nSPS) is 11.9. The first-order valence-corrected chi connectivity index (χ1v) is 7.28. The Balaban J connectivity index is 0. The number of rotatable bonds is 7. The van der Waals surface area contributed by atoms with E-state index < -0.39 is 0 Å². The fraction of sp³-hybridized carbons (Fsp3) is 0.917. The number of thioether (sulfide) groups is 1. The third kappa shape index (κ3) is 10.3. The van der Waals surface area contributed by atoms with E-state index in [2.05, 4.69) is 25.4 Å². The maximum Gasteiger partial charge on any atom is 0.149 e. The van der Waals surface area contributed by atoms with E-state index in [0.717, 1.165) is 12.2 Å². The molecule has 2 nitrogen and oxygen atoms in total. The number of carbonyl (C=O) groups excluding carboxylic acids is 1. The van der Waals surface area contributed by atoms with Gasteiger partial charge in [-0.25, -0.2) is 0 Å². The van der Waals surface area contributed by atoms with Gasteiger partial charge in [-0.2, -0.15) is 11.8 Å². The minimum atomic E-state index is 0.0671. The predicted octanol–water partition coefficient (Wildman–Crippen LogP) is 3.11. The Kier molecular flexibility index (Phi) is 14.0. The van der Waals surface area contributed by atoms with Crippen molar-refractivity contribution in [2.24, 2.45) is 0 Å². The van der Waals surface area contributed by atoms with Gasteiger partial charge in [-0.3, -0.25) is 4.79 Å².